The minimum Gasteiger partial charge on any atom is -0.462 e. The van der Waals surface area contributed by atoms with E-state index in [2.05, 4.69) is 6.92 Å². The molecule has 0 spiro atoms. The summed E-state index contributed by atoms with van der Waals surface area (Å²) in [7, 11) is 1.31. The maximum absolute atomic E-state index is 11.8. The zero-order valence-electron chi connectivity index (χ0n) is 11.8. The summed E-state index contributed by atoms with van der Waals surface area (Å²) in [5.74, 6) is -0.602. The summed E-state index contributed by atoms with van der Waals surface area (Å²) in [6.45, 7) is 2.43. The molecule has 0 aliphatic carbocycles. The maximum atomic E-state index is 11.8. The van der Waals surface area contributed by atoms with Gasteiger partial charge in [0.05, 0.1) is 17.1 Å². The third kappa shape index (κ3) is 6.68. The van der Waals surface area contributed by atoms with Crippen LogP contribution < -0.4 is 0 Å². The highest BCUT2D eigenvalue weighted by molar-refractivity contribution is 8.13. The van der Waals surface area contributed by atoms with Gasteiger partial charge in [0.15, 0.2) is 0 Å². The quantitative estimate of drug-likeness (QED) is 0.395. The summed E-state index contributed by atoms with van der Waals surface area (Å²) < 4.78 is 27.6. The van der Waals surface area contributed by atoms with E-state index in [0.717, 1.165) is 31.7 Å². The van der Waals surface area contributed by atoms with Gasteiger partial charge in [-0.1, -0.05) is 44.2 Å². The smallest absolute Gasteiger partial charge is 0.338 e. The third-order valence-corrected chi connectivity index (χ3v) is 4.42. The molecule has 0 atom stereocenters. The standard InChI is InChI=1S/C14H18Cl2O4S/c1-2-3-4-5-6-7-20-14(17)11-8-12(15)10-13(9-11)21(16,18)19/h8-10H,2-7H2,1H3. The Hall–Kier alpha value is -0.780. The van der Waals surface area contributed by atoms with Crippen LogP contribution in [-0.4, -0.2) is 21.0 Å². The molecule has 0 saturated carbocycles. The molecule has 0 radical (unpaired) electrons. The summed E-state index contributed by atoms with van der Waals surface area (Å²) in [6, 6.07) is 3.70. The van der Waals surface area contributed by atoms with Gasteiger partial charge in [0, 0.05) is 15.7 Å². The normalized spacial score (nSPS) is 11.4. The molecule has 4 nitrogen and oxygen atoms in total. The molecule has 0 aromatic heterocycles. The van der Waals surface area contributed by atoms with Crippen molar-refractivity contribution in [1.29, 1.82) is 0 Å². The van der Waals surface area contributed by atoms with Crippen LogP contribution in [0.1, 0.15) is 49.4 Å². The fraction of sp³-hybridized carbons (Fsp3) is 0.500. The van der Waals surface area contributed by atoms with Crippen LogP contribution in [0.5, 0.6) is 0 Å². The highest BCUT2D eigenvalue weighted by Crippen LogP contribution is 2.22. The minimum absolute atomic E-state index is 0.0790. The first kappa shape index (κ1) is 18.3. The van der Waals surface area contributed by atoms with Crippen molar-refractivity contribution in [2.75, 3.05) is 6.61 Å². The molecule has 0 fully saturated rings. The molecule has 0 bridgehead atoms. The second-order valence-electron chi connectivity index (χ2n) is 4.66. The molecule has 7 heteroatoms. The van der Waals surface area contributed by atoms with Gasteiger partial charge in [0.2, 0.25) is 0 Å². The summed E-state index contributed by atoms with van der Waals surface area (Å²) in [5, 5.41) is 0.117. The minimum atomic E-state index is -3.94. The number of hydrogen-bond acceptors (Lipinski definition) is 4. The topological polar surface area (TPSA) is 60.4 Å². The Morgan fingerprint density at radius 3 is 2.43 bits per heavy atom. The Kier molecular flexibility index (Phi) is 7.49. The number of ether oxygens (including phenoxy) is 1. The van der Waals surface area contributed by atoms with Gasteiger partial charge < -0.3 is 4.74 Å². The van der Waals surface area contributed by atoms with Crippen LogP contribution in [-0.2, 0) is 13.8 Å². The molecule has 0 N–H and O–H groups in total. The number of esters is 1. The Labute approximate surface area is 134 Å². The Bertz CT molecular complexity index is 585. The van der Waals surface area contributed by atoms with Crippen molar-refractivity contribution in [3.05, 3.63) is 28.8 Å². The molecule has 0 unspecified atom stereocenters. The number of carbonyl (C=O) groups excluding carboxylic acids is 1. The molecular weight excluding hydrogens is 335 g/mol. The highest BCUT2D eigenvalue weighted by atomic mass is 35.7. The number of unbranched alkanes of at least 4 members (excludes halogenated alkanes) is 4. The number of halogens is 2. The second-order valence-corrected chi connectivity index (χ2v) is 7.67. The van der Waals surface area contributed by atoms with E-state index in [1.807, 2.05) is 0 Å². The van der Waals surface area contributed by atoms with Crippen LogP contribution in [0.15, 0.2) is 23.1 Å². The number of carbonyl (C=O) groups is 1. The van der Waals surface area contributed by atoms with Gasteiger partial charge in [-0.15, -0.1) is 0 Å². The molecule has 0 aliphatic rings. The summed E-state index contributed by atoms with van der Waals surface area (Å²) in [4.78, 5) is 11.6. The molecule has 1 rings (SSSR count). The predicted octanol–water partition coefficient (Wildman–Crippen LogP) is 4.39. The van der Waals surface area contributed by atoms with Crippen LogP contribution in [0.25, 0.3) is 0 Å². The molecule has 1 aromatic rings. The third-order valence-electron chi connectivity index (χ3n) is 2.87. The molecule has 0 aliphatic heterocycles. The second kappa shape index (κ2) is 8.61. The molecule has 1 aromatic carbocycles. The molecule has 21 heavy (non-hydrogen) atoms. The lowest BCUT2D eigenvalue weighted by Crippen LogP contribution is -2.07. The van der Waals surface area contributed by atoms with Crippen LogP contribution in [0.4, 0.5) is 0 Å². The van der Waals surface area contributed by atoms with Gasteiger partial charge in [-0.05, 0) is 24.6 Å². The summed E-state index contributed by atoms with van der Waals surface area (Å²) in [5.41, 5.74) is 0.0790. The Balaban J connectivity index is 2.60. The van der Waals surface area contributed by atoms with Gasteiger partial charge in [0.1, 0.15) is 0 Å². The fourth-order valence-corrected chi connectivity index (χ4v) is 2.88. The number of hydrogen-bond donors (Lipinski definition) is 0. The van der Waals surface area contributed by atoms with Crippen LogP contribution >= 0.6 is 22.3 Å². The van der Waals surface area contributed by atoms with Crippen molar-refractivity contribution >= 4 is 37.3 Å². The van der Waals surface area contributed by atoms with Crippen LogP contribution in [0, 0.1) is 0 Å². The van der Waals surface area contributed by atoms with Crippen molar-refractivity contribution in [3.8, 4) is 0 Å². The van der Waals surface area contributed by atoms with E-state index in [0.29, 0.717) is 6.61 Å². The van der Waals surface area contributed by atoms with Crippen molar-refractivity contribution in [2.45, 2.75) is 43.9 Å². The lowest BCUT2D eigenvalue weighted by atomic mass is 10.2. The van der Waals surface area contributed by atoms with E-state index < -0.39 is 15.0 Å². The van der Waals surface area contributed by atoms with E-state index >= 15 is 0 Å². The zero-order chi connectivity index (χ0) is 15.9. The average Bonchev–Trinajstić information content (AvgIpc) is 2.40. The molecule has 0 heterocycles. The maximum Gasteiger partial charge on any atom is 0.338 e. The molecular formula is C14H18Cl2O4S. The monoisotopic (exact) mass is 352 g/mol. The van der Waals surface area contributed by atoms with Crippen molar-refractivity contribution in [2.24, 2.45) is 0 Å². The lowest BCUT2D eigenvalue weighted by molar-refractivity contribution is 0.0497. The van der Waals surface area contributed by atoms with E-state index in [4.69, 9.17) is 27.0 Å². The first-order valence-electron chi connectivity index (χ1n) is 6.77. The van der Waals surface area contributed by atoms with E-state index in [9.17, 15) is 13.2 Å². The van der Waals surface area contributed by atoms with Gasteiger partial charge in [-0.3, -0.25) is 0 Å². The highest BCUT2D eigenvalue weighted by Gasteiger charge is 2.16. The fourth-order valence-electron chi connectivity index (χ4n) is 1.78. The SMILES string of the molecule is CCCCCCCOC(=O)c1cc(Cl)cc(S(=O)(=O)Cl)c1. The number of benzene rings is 1. The van der Waals surface area contributed by atoms with Crippen molar-refractivity contribution in [3.63, 3.8) is 0 Å². The van der Waals surface area contributed by atoms with Gasteiger partial charge in [0.25, 0.3) is 9.05 Å². The number of rotatable bonds is 8. The predicted molar refractivity (Wildman–Crippen MR) is 83.5 cm³/mol. The van der Waals surface area contributed by atoms with E-state index in [1.54, 1.807) is 0 Å². The molecule has 0 saturated heterocycles. The first-order chi connectivity index (χ1) is 9.84. The Morgan fingerprint density at radius 1 is 1.14 bits per heavy atom. The zero-order valence-corrected chi connectivity index (χ0v) is 14.1. The molecule has 118 valence electrons. The van der Waals surface area contributed by atoms with Gasteiger partial charge in [-0.25, -0.2) is 13.2 Å². The largest absolute Gasteiger partial charge is 0.462 e. The van der Waals surface area contributed by atoms with Crippen LogP contribution in [0.3, 0.4) is 0 Å². The van der Waals surface area contributed by atoms with E-state index in [1.165, 1.54) is 18.6 Å². The average molecular weight is 353 g/mol. The molecule has 0 amide bonds. The summed E-state index contributed by atoms with van der Waals surface area (Å²) in [6.07, 6.45) is 5.21. The van der Waals surface area contributed by atoms with Crippen molar-refractivity contribution in [1.82, 2.24) is 0 Å². The van der Waals surface area contributed by atoms with Crippen LogP contribution in [0.2, 0.25) is 5.02 Å². The van der Waals surface area contributed by atoms with Crippen molar-refractivity contribution < 1.29 is 17.9 Å². The Morgan fingerprint density at radius 2 is 1.81 bits per heavy atom. The first-order valence-corrected chi connectivity index (χ1v) is 9.45. The summed E-state index contributed by atoms with van der Waals surface area (Å²) >= 11 is 5.79. The van der Waals surface area contributed by atoms with E-state index in [-0.39, 0.29) is 15.5 Å². The van der Waals surface area contributed by atoms with Gasteiger partial charge >= 0.3 is 5.97 Å². The lowest BCUT2D eigenvalue weighted by Gasteiger charge is -2.06. The van der Waals surface area contributed by atoms with Gasteiger partial charge in [-0.2, -0.15) is 0 Å².